The van der Waals surface area contributed by atoms with Crippen LogP contribution in [-0.4, -0.2) is 49.7 Å². The number of anilines is 1. The maximum absolute atomic E-state index is 13.0. The molecule has 5 rings (SSSR count). The van der Waals surface area contributed by atoms with Crippen molar-refractivity contribution in [1.82, 2.24) is 29.3 Å². The van der Waals surface area contributed by atoms with E-state index in [9.17, 15) is 4.79 Å². The lowest BCUT2D eigenvalue weighted by Crippen LogP contribution is -2.49. The molecule has 8 heteroatoms. The first-order valence-corrected chi connectivity index (χ1v) is 10.3. The minimum absolute atomic E-state index is 0.107. The van der Waals surface area contributed by atoms with E-state index in [2.05, 4.69) is 33.3 Å². The van der Waals surface area contributed by atoms with Crippen LogP contribution in [0.4, 0.5) is 5.69 Å². The molecule has 1 aliphatic rings. The van der Waals surface area contributed by atoms with E-state index in [-0.39, 0.29) is 5.56 Å². The Kier molecular flexibility index (Phi) is 4.32. The van der Waals surface area contributed by atoms with Crippen LogP contribution in [0.25, 0.3) is 22.7 Å². The monoisotopic (exact) mass is 403 g/mol. The summed E-state index contributed by atoms with van der Waals surface area (Å²) in [6.07, 6.45) is 3.78. The summed E-state index contributed by atoms with van der Waals surface area (Å²) in [4.78, 5) is 24.6. The van der Waals surface area contributed by atoms with Crippen molar-refractivity contribution in [2.24, 2.45) is 0 Å². The smallest absolute Gasteiger partial charge is 0.258 e. The van der Waals surface area contributed by atoms with Crippen molar-refractivity contribution in [1.29, 1.82) is 0 Å². The zero-order valence-electron chi connectivity index (χ0n) is 17.7. The summed E-state index contributed by atoms with van der Waals surface area (Å²) in [5.74, 6) is 0. The first kappa shape index (κ1) is 18.7. The molecular weight excluding hydrogens is 378 g/mol. The van der Waals surface area contributed by atoms with Crippen LogP contribution in [0.3, 0.4) is 0 Å². The fourth-order valence-corrected chi connectivity index (χ4v) is 4.19. The highest BCUT2D eigenvalue weighted by Crippen LogP contribution is 2.22. The van der Waals surface area contributed by atoms with Crippen LogP contribution < -0.4 is 15.8 Å². The van der Waals surface area contributed by atoms with Crippen LogP contribution in [0.15, 0.2) is 35.4 Å². The van der Waals surface area contributed by atoms with Gasteiger partial charge in [0, 0.05) is 37.9 Å². The van der Waals surface area contributed by atoms with Gasteiger partial charge in [-0.25, -0.2) is 14.5 Å². The molecule has 1 unspecified atom stereocenters. The Bertz CT molecular complexity index is 1340. The molecule has 1 saturated heterocycles. The second-order valence-corrected chi connectivity index (χ2v) is 8.22. The molecule has 5 heterocycles. The third-order valence-electron chi connectivity index (χ3n) is 5.66. The van der Waals surface area contributed by atoms with Crippen LogP contribution in [0.2, 0.25) is 0 Å². The molecule has 0 radical (unpaired) electrons. The largest absolute Gasteiger partial charge is 0.368 e. The van der Waals surface area contributed by atoms with Crippen molar-refractivity contribution in [2.45, 2.75) is 33.7 Å². The first-order chi connectivity index (χ1) is 14.4. The van der Waals surface area contributed by atoms with Gasteiger partial charge in [0.1, 0.15) is 11.3 Å². The van der Waals surface area contributed by atoms with Crippen molar-refractivity contribution < 1.29 is 0 Å². The molecule has 0 spiro atoms. The molecule has 0 amide bonds. The van der Waals surface area contributed by atoms with Crippen LogP contribution >= 0.6 is 0 Å². The fraction of sp³-hybridized carbons (Fsp3) is 0.364. The van der Waals surface area contributed by atoms with Gasteiger partial charge in [0.05, 0.1) is 23.3 Å². The van der Waals surface area contributed by atoms with Crippen molar-refractivity contribution in [2.75, 3.05) is 24.5 Å². The number of nitrogens with zero attached hydrogens (tertiary/aromatic N) is 6. The molecule has 8 nitrogen and oxygen atoms in total. The van der Waals surface area contributed by atoms with Crippen LogP contribution in [-0.2, 0) is 0 Å². The number of piperazine rings is 1. The van der Waals surface area contributed by atoms with Crippen LogP contribution in [0.5, 0.6) is 0 Å². The Labute approximate surface area is 174 Å². The molecule has 0 saturated carbocycles. The number of hydrogen-bond acceptors (Lipinski definition) is 6. The van der Waals surface area contributed by atoms with E-state index in [1.54, 1.807) is 15.0 Å². The number of pyridine rings is 1. The molecular formula is C22H25N7O. The third-order valence-corrected chi connectivity index (χ3v) is 5.66. The lowest BCUT2D eigenvalue weighted by atomic mass is 10.2. The number of aryl methyl sites for hydroxylation is 3. The molecule has 4 aromatic heterocycles. The summed E-state index contributed by atoms with van der Waals surface area (Å²) in [7, 11) is 0. The number of fused-ring (bicyclic) bond motifs is 2. The number of hydrogen-bond donors (Lipinski definition) is 1. The number of imidazole rings is 1. The molecule has 30 heavy (non-hydrogen) atoms. The van der Waals surface area contributed by atoms with Gasteiger partial charge in [0.15, 0.2) is 5.65 Å². The van der Waals surface area contributed by atoms with E-state index in [1.165, 1.54) is 0 Å². The van der Waals surface area contributed by atoms with Gasteiger partial charge in [0.2, 0.25) is 0 Å². The number of rotatable bonds is 2. The van der Waals surface area contributed by atoms with Gasteiger partial charge >= 0.3 is 0 Å². The van der Waals surface area contributed by atoms with E-state index in [0.717, 1.165) is 47.8 Å². The average molecular weight is 403 g/mol. The molecule has 0 aliphatic carbocycles. The SMILES string of the molecule is Cc1cn2nc(-c3cc(=O)n4cc(N5CCNC(C)C5)cc(C)c4n3)cc(C)c2n1. The number of aromatic nitrogens is 5. The van der Waals surface area contributed by atoms with Crippen molar-refractivity contribution in [3.63, 3.8) is 0 Å². The maximum atomic E-state index is 13.0. The highest BCUT2D eigenvalue weighted by atomic mass is 16.1. The number of nitrogens with one attached hydrogen (secondary N) is 1. The predicted molar refractivity (Wildman–Crippen MR) is 117 cm³/mol. The summed E-state index contributed by atoms with van der Waals surface area (Å²) in [5.41, 5.74) is 6.52. The minimum atomic E-state index is -0.107. The zero-order chi connectivity index (χ0) is 21.0. The fourth-order valence-electron chi connectivity index (χ4n) is 4.19. The molecule has 1 aliphatic heterocycles. The maximum Gasteiger partial charge on any atom is 0.258 e. The quantitative estimate of drug-likeness (QED) is 0.552. The Balaban J connectivity index is 1.63. The summed E-state index contributed by atoms with van der Waals surface area (Å²) in [5, 5.41) is 8.09. The third kappa shape index (κ3) is 3.13. The summed E-state index contributed by atoms with van der Waals surface area (Å²) >= 11 is 0. The van der Waals surface area contributed by atoms with E-state index in [4.69, 9.17) is 4.98 Å². The summed E-state index contributed by atoms with van der Waals surface area (Å²) in [6.45, 7) is 10.9. The van der Waals surface area contributed by atoms with E-state index < -0.39 is 0 Å². The highest BCUT2D eigenvalue weighted by molar-refractivity contribution is 5.64. The Morgan fingerprint density at radius 1 is 1.00 bits per heavy atom. The van der Waals surface area contributed by atoms with Gasteiger partial charge in [-0.15, -0.1) is 0 Å². The van der Waals surface area contributed by atoms with Gasteiger partial charge in [-0.05, 0) is 51.0 Å². The van der Waals surface area contributed by atoms with E-state index in [0.29, 0.717) is 23.1 Å². The Morgan fingerprint density at radius 2 is 1.80 bits per heavy atom. The Hall–Kier alpha value is -3.26. The topological polar surface area (TPSA) is 79.8 Å². The molecule has 1 fully saturated rings. The second-order valence-electron chi connectivity index (χ2n) is 8.22. The summed E-state index contributed by atoms with van der Waals surface area (Å²) < 4.78 is 3.40. The standard InChI is InChI=1S/C22H25N7O/c1-13-7-17(27-6-5-23-15(3)10-27)12-28-20(30)9-18(25-21(13)28)19-8-14(2)22-24-16(4)11-29(22)26-19/h7-9,11-12,15,23H,5-6,10H2,1-4H3. The van der Waals surface area contributed by atoms with Gasteiger partial charge in [-0.2, -0.15) is 5.10 Å². The van der Waals surface area contributed by atoms with E-state index >= 15 is 0 Å². The molecule has 1 atom stereocenters. The lowest BCUT2D eigenvalue weighted by Gasteiger charge is -2.33. The van der Waals surface area contributed by atoms with Crippen molar-refractivity contribution in [3.05, 3.63) is 57.8 Å². The predicted octanol–water partition coefficient (Wildman–Crippen LogP) is 2.13. The zero-order valence-corrected chi connectivity index (χ0v) is 17.7. The Morgan fingerprint density at radius 3 is 2.60 bits per heavy atom. The molecule has 154 valence electrons. The average Bonchev–Trinajstić information content (AvgIpc) is 3.09. The lowest BCUT2D eigenvalue weighted by molar-refractivity contribution is 0.484. The van der Waals surface area contributed by atoms with Crippen molar-refractivity contribution >= 4 is 17.0 Å². The van der Waals surface area contributed by atoms with Gasteiger partial charge in [0.25, 0.3) is 5.56 Å². The van der Waals surface area contributed by atoms with Crippen LogP contribution in [0.1, 0.15) is 23.7 Å². The van der Waals surface area contributed by atoms with Gasteiger partial charge < -0.3 is 10.2 Å². The van der Waals surface area contributed by atoms with Crippen LogP contribution in [0, 0.1) is 20.8 Å². The highest BCUT2D eigenvalue weighted by Gasteiger charge is 2.18. The molecule has 0 aromatic carbocycles. The first-order valence-electron chi connectivity index (χ1n) is 10.3. The molecule has 1 N–H and O–H groups in total. The van der Waals surface area contributed by atoms with Gasteiger partial charge in [-0.3, -0.25) is 9.20 Å². The minimum Gasteiger partial charge on any atom is -0.368 e. The van der Waals surface area contributed by atoms with Gasteiger partial charge in [-0.1, -0.05) is 0 Å². The van der Waals surface area contributed by atoms with E-state index in [1.807, 2.05) is 39.2 Å². The summed E-state index contributed by atoms with van der Waals surface area (Å²) in [6, 6.07) is 6.04. The van der Waals surface area contributed by atoms with Crippen molar-refractivity contribution in [3.8, 4) is 11.4 Å². The molecule has 4 aromatic rings. The second kappa shape index (κ2) is 6.91. The molecule has 0 bridgehead atoms. The normalized spacial score (nSPS) is 17.2.